The number of anilines is 1. The summed E-state index contributed by atoms with van der Waals surface area (Å²) in [5.74, 6) is 1.20. The number of hydrogen-bond donors (Lipinski definition) is 1. The Balaban J connectivity index is 1.81. The summed E-state index contributed by atoms with van der Waals surface area (Å²) in [5, 5.41) is 3.51. The van der Waals surface area contributed by atoms with Crippen LogP contribution in [0.1, 0.15) is 50.2 Å². The summed E-state index contributed by atoms with van der Waals surface area (Å²) in [7, 11) is 0. The van der Waals surface area contributed by atoms with Crippen molar-refractivity contribution in [2.24, 2.45) is 0 Å². The molecule has 20 heavy (non-hydrogen) atoms. The number of hydrogen-bond acceptors (Lipinski definition) is 1. The molecule has 1 unspecified atom stereocenters. The molecule has 0 radical (unpaired) electrons. The van der Waals surface area contributed by atoms with Crippen molar-refractivity contribution in [2.75, 3.05) is 11.9 Å². The predicted octanol–water partition coefficient (Wildman–Crippen LogP) is 5.42. The fourth-order valence-electron chi connectivity index (χ4n) is 2.37. The van der Waals surface area contributed by atoms with Crippen molar-refractivity contribution in [1.82, 2.24) is 0 Å². The van der Waals surface area contributed by atoms with Crippen LogP contribution in [-0.2, 0) is 0 Å². The van der Waals surface area contributed by atoms with E-state index in [1.165, 1.54) is 16.8 Å². The van der Waals surface area contributed by atoms with Crippen LogP contribution in [0.15, 0.2) is 54.6 Å². The maximum absolute atomic E-state index is 3.51. The third-order valence-electron chi connectivity index (χ3n) is 3.85. The first kappa shape index (κ1) is 14.6. The van der Waals surface area contributed by atoms with Crippen LogP contribution in [0.25, 0.3) is 0 Å². The molecule has 0 saturated carbocycles. The van der Waals surface area contributed by atoms with Gasteiger partial charge < -0.3 is 5.32 Å². The van der Waals surface area contributed by atoms with Crippen molar-refractivity contribution in [2.45, 2.75) is 39.0 Å². The fraction of sp³-hybridized carbons (Fsp3) is 0.368. The van der Waals surface area contributed by atoms with Crippen molar-refractivity contribution in [3.63, 3.8) is 0 Å². The molecule has 1 N–H and O–H groups in total. The van der Waals surface area contributed by atoms with Gasteiger partial charge in [0.05, 0.1) is 0 Å². The molecule has 2 aromatic rings. The zero-order valence-corrected chi connectivity index (χ0v) is 12.8. The van der Waals surface area contributed by atoms with Crippen LogP contribution in [0.4, 0.5) is 5.69 Å². The van der Waals surface area contributed by atoms with Gasteiger partial charge in [-0.2, -0.15) is 0 Å². The lowest BCUT2D eigenvalue weighted by Gasteiger charge is -2.13. The van der Waals surface area contributed by atoms with E-state index in [0.717, 1.165) is 13.0 Å². The summed E-state index contributed by atoms with van der Waals surface area (Å²) in [4.78, 5) is 0. The molecule has 106 valence electrons. The molecule has 0 heterocycles. The van der Waals surface area contributed by atoms with Crippen molar-refractivity contribution < 1.29 is 0 Å². The Morgan fingerprint density at radius 1 is 0.800 bits per heavy atom. The molecule has 0 aliphatic carbocycles. The zero-order valence-electron chi connectivity index (χ0n) is 12.8. The highest BCUT2D eigenvalue weighted by molar-refractivity contribution is 5.45. The molecule has 0 spiro atoms. The maximum atomic E-state index is 3.51. The Morgan fingerprint density at radius 2 is 1.45 bits per heavy atom. The van der Waals surface area contributed by atoms with Crippen LogP contribution in [0, 0.1) is 0 Å². The van der Waals surface area contributed by atoms with Gasteiger partial charge in [-0.05, 0) is 41.5 Å². The minimum absolute atomic E-state index is 0.596. The number of nitrogens with one attached hydrogen (secondary N) is 1. The van der Waals surface area contributed by atoms with E-state index in [0.29, 0.717) is 11.8 Å². The Morgan fingerprint density at radius 3 is 2.05 bits per heavy atom. The molecule has 1 heteroatoms. The highest BCUT2D eigenvalue weighted by Crippen LogP contribution is 2.20. The Hall–Kier alpha value is -1.76. The lowest BCUT2D eigenvalue weighted by atomic mass is 9.98. The van der Waals surface area contributed by atoms with Gasteiger partial charge in [-0.15, -0.1) is 0 Å². The van der Waals surface area contributed by atoms with E-state index in [4.69, 9.17) is 0 Å². The minimum atomic E-state index is 0.596. The molecule has 0 aliphatic heterocycles. The zero-order chi connectivity index (χ0) is 14.4. The van der Waals surface area contributed by atoms with Gasteiger partial charge in [0.25, 0.3) is 0 Å². The van der Waals surface area contributed by atoms with Gasteiger partial charge in [-0.3, -0.25) is 0 Å². The second-order valence-electron chi connectivity index (χ2n) is 5.80. The molecule has 0 fully saturated rings. The summed E-state index contributed by atoms with van der Waals surface area (Å²) in [6, 6.07) is 19.5. The number of benzene rings is 2. The van der Waals surface area contributed by atoms with Gasteiger partial charge in [0, 0.05) is 12.2 Å². The van der Waals surface area contributed by atoms with E-state index >= 15 is 0 Å². The molecule has 0 aliphatic rings. The molecule has 0 aromatic heterocycles. The summed E-state index contributed by atoms with van der Waals surface area (Å²) in [6.07, 6.45) is 1.15. The van der Waals surface area contributed by atoms with Crippen LogP contribution in [0.2, 0.25) is 0 Å². The van der Waals surface area contributed by atoms with Gasteiger partial charge in [-0.25, -0.2) is 0 Å². The second kappa shape index (κ2) is 7.14. The van der Waals surface area contributed by atoms with E-state index in [2.05, 4.69) is 80.7 Å². The highest BCUT2D eigenvalue weighted by Gasteiger charge is 2.04. The Bertz CT molecular complexity index is 499. The maximum Gasteiger partial charge on any atom is 0.0340 e. The van der Waals surface area contributed by atoms with Crippen molar-refractivity contribution >= 4 is 5.69 Å². The van der Waals surface area contributed by atoms with Crippen LogP contribution < -0.4 is 5.32 Å². The molecule has 1 atom stereocenters. The summed E-state index contributed by atoms with van der Waals surface area (Å²) >= 11 is 0. The van der Waals surface area contributed by atoms with Gasteiger partial charge >= 0.3 is 0 Å². The highest BCUT2D eigenvalue weighted by atomic mass is 14.9. The smallest absolute Gasteiger partial charge is 0.0340 e. The van der Waals surface area contributed by atoms with E-state index in [9.17, 15) is 0 Å². The lowest BCUT2D eigenvalue weighted by molar-refractivity contribution is 0.706. The van der Waals surface area contributed by atoms with Crippen molar-refractivity contribution in [1.29, 1.82) is 0 Å². The quantitative estimate of drug-likeness (QED) is 0.737. The van der Waals surface area contributed by atoms with E-state index in [1.54, 1.807) is 0 Å². The predicted molar refractivity (Wildman–Crippen MR) is 88.5 cm³/mol. The summed E-state index contributed by atoms with van der Waals surface area (Å²) < 4.78 is 0. The lowest BCUT2D eigenvalue weighted by Crippen LogP contribution is -2.06. The van der Waals surface area contributed by atoms with Crippen LogP contribution in [0.3, 0.4) is 0 Å². The average molecular weight is 267 g/mol. The molecule has 1 nitrogen and oxygen atoms in total. The molecule has 2 aromatic carbocycles. The first-order valence-corrected chi connectivity index (χ1v) is 7.55. The third kappa shape index (κ3) is 4.12. The Kier molecular flexibility index (Phi) is 5.23. The van der Waals surface area contributed by atoms with Gasteiger partial charge in [-0.1, -0.05) is 63.2 Å². The molecule has 0 bridgehead atoms. The molecular weight excluding hydrogens is 242 g/mol. The minimum Gasteiger partial charge on any atom is -0.385 e. The fourth-order valence-corrected chi connectivity index (χ4v) is 2.37. The molecule has 0 saturated heterocycles. The third-order valence-corrected chi connectivity index (χ3v) is 3.85. The standard InChI is InChI=1S/C19H25N/c1-15(2)17-9-11-19(12-10-17)20-14-13-16(3)18-7-5-4-6-8-18/h4-12,15-16,20H,13-14H2,1-3H3. The summed E-state index contributed by atoms with van der Waals surface area (Å²) in [5.41, 5.74) is 4.03. The van der Waals surface area contributed by atoms with E-state index in [1.807, 2.05) is 0 Å². The van der Waals surface area contributed by atoms with Crippen molar-refractivity contribution in [3.8, 4) is 0 Å². The van der Waals surface area contributed by atoms with Gasteiger partial charge in [0.1, 0.15) is 0 Å². The monoisotopic (exact) mass is 267 g/mol. The van der Waals surface area contributed by atoms with Gasteiger partial charge in [0.15, 0.2) is 0 Å². The van der Waals surface area contributed by atoms with Crippen LogP contribution in [-0.4, -0.2) is 6.54 Å². The molecule has 0 amide bonds. The SMILES string of the molecule is CC(C)c1ccc(NCCC(C)c2ccccc2)cc1. The van der Waals surface area contributed by atoms with E-state index < -0.39 is 0 Å². The van der Waals surface area contributed by atoms with Crippen LogP contribution >= 0.6 is 0 Å². The average Bonchev–Trinajstić information content (AvgIpc) is 2.48. The van der Waals surface area contributed by atoms with Gasteiger partial charge in [0.2, 0.25) is 0 Å². The first-order valence-electron chi connectivity index (χ1n) is 7.55. The number of rotatable bonds is 6. The second-order valence-corrected chi connectivity index (χ2v) is 5.80. The van der Waals surface area contributed by atoms with Crippen molar-refractivity contribution in [3.05, 3.63) is 65.7 Å². The molecule has 2 rings (SSSR count). The first-order chi connectivity index (χ1) is 9.66. The molecular formula is C19H25N. The Labute approximate surface area is 123 Å². The van der Waals surface area contributed by atoms with E-state index in [-0.39, 0.29) is 0 Å². The van der Waals surface area contributed by atoms with Crippen LogP contribution in [0.5, 0.6) is 0 Å². The topological polar surface area (TPSA) is 12.0 Å². The normalized spacial score (nSPS) is 12.4. The summed E-state index contributed by atoms with van der Waals surface area (Å²) in [6.45, 7) is 7.75. The largest absolute Gasteiger partial charge is 0.385 e.